The van der Waals surface area contributed by atoms with Gasteiger partial charge in [0.25, 0.3) is 0 Å². The summed E-state index contributed by atoms with van der Waals surface area (Å²) in [7, 11) is 0. The van der Waals surface area contributed by atoms with E-state index in [9.17, 15) is 0 Å². The first kappa shape index (κ1) is 9.54. The van der Waals surface area contributed by atoms with Crippen molar-refractivity contribution in [1.82, 2.24) is 4.90 Å². The van der Waals surface area contributed by atoms with E-state index in [1.165, 1.54) is 13.0 Å². The van der Waals surface area contributed by atoms with Gasteiger partial charge in [-0.1, -0.05) is 19.9 Å². The summed E-state index contributed by atoms with van der Waals surface area (Å²) in [5.74, 6) is 0. The van der Waals surface area contributed by atoms with Gasteiger partial charge in [-0.3, -0.25) is 0 Å². The van der Waals surface area contributed by atoms with Crippen LogP contribution in [0.25, 0.3) is 0 Å². The van der Waals surface area contributed by atoms with Crippen LogP contribution in [0.2, 0.25) is 0 Å². The lowest BCUT2D eigenvalue weighted by Gasteiger charge is -2.16. The largest absolute Gasteiger partial charge is 0.378 e. The van der Waals surface area contributed by atoms with Crippen molar-refractivity contribution in [1.29, 1.82) is 0 Å². The fourth-order valence-corrected chi connectivity index (χ4v) is 0.880. The smallest absolute Gasteiger partial charge is 0.0169 e. The van der Waals surface area contributed by atoms with Crippen LogP contribution in [-0.4, -0.2) is 18.0 Å². The first-order valence-corrected chi connectivity index (χ1v) is 4.25. The minimum absolute atomic E-state index is 1.13. The summed E-state index contributed by atoms with van der Waals surface area (Å²) in [4.78, 5) is 2.34. The number of hydrogen-bond acceptors (Lipinski definition) is 1. The Balaban J connectivity index is 3.48. The predicted molar refractivity (Wildman–Crippen MR) is 47.0 cm³/mol. The molecule has 0 saturated carbocycles. The van der Waals surface area contributed by atoms with Crippen LogP contribution in [0.1, 0.15) is 33.6 Å². The lowest BCUT2D eigenvalue weighted by atomic mass is 10.4. The van der Waals surface area contributed by atoms with Crippen LogP contribution in [0.15, 0.2) is 12.3 Å². The Morgan fingerprint density at radius 2 is 1.90 bits per heavy atom. The third-order valence-electron chi connectivity index (χ3n) is 1.47. The Morgan fingerprint density at radius 3 is 2.30 bits per heavy atom. The zero-order valence-corrected chi connectivity index (χ0v) is 7.43. The second-order valence-electron chi connectivity index (χ2n) is 2.42. The summed E-state index contributed by atoms with van der Waals surface area (Å²) >= 11 is 0. The van der Waals surface area contributed by atoms with E-state index in [-0.39, 0.29) is 0 Å². The molecule has 0 atom stereocenters. The molecule has 1 heteroatoms. The molecule has 0 aromatic rings. The van der Waals surface area contributed by atoms with Gasteiger partial charge in [-0.15, -0.1) is 0 Å². The quantitative estimate of drug-likeness (QED) is 0.569. The lowest BCUT2D eigenvalue weighted by molar-refractivity contribution is 0.395. The van der Waals surface area contributed by atoms with Gasteiger partial charge in [0.2, 0.25) is 0 Å². The Hall–Kier alpha value is -0.460. The molecule has 0 aliphatic carbocycles. The van der Waals surface area contributed by atoms with Crippen molar-refractivity contribution in [3.63, 3.8) is 0 Å². The van der Waals surface area contributed by atoms with Gasteiger partial charge < -0.3 is 4.90 Å². The summed E-state index contributed by atoms with van der Waals surface area (Å²) in [6.45, 7) is 8.88. The molecule has 0 spiro atoms. The van der Waals surface area contributed by atoms with E-state index in [0.717, 1.165) is 13.0 Å². The zero-order chi connectivity index (χ0) is 7.82. The summed E-state index contributed by atoms with van der Waals surface area (Å²) in [5.41, 5.74) is 0. The maximum Gasteiger partial charge on any atom is 0.0169 e. The van der Waals surface area contributed by atoms with Crippen LogP contribution in [0.5, 0.6) is 0 Å². The maximum atomic E-state index is 2.34. The van der Waals surface area contributed by atoms with Gasteiger partial charge in [0, 0.05) is 13.1 Å². The SMILES string of the molecule is CCC=CN(CC)CCC. The van der Waals surface area contributed by atoms with Gasteiger partial charge in [-0.25, -0.2) is 0 Å². The van der Waals surface area contributed by atoms with Gasteiger partial charge in [0.1, 0.15) is 0 Å². The summed E-state index contributed by atoms with van der Waals surface area (Å²) in [5, 5.41) is 0. The van der Waals surface area contributed by atoms with E-state index >= 15 is 0 Å². The van der Waals surface area contributed by atoms with E-state index in [2.05, 4.69) is 37.9 Å². The molecule has 0 heterocycles. The van der Waals surface area contributed by atoms with Gasteiger partial charge in [-0.2, -0.15) is 0 Å². The fourth-order valence-electron chi connectivity index (χ4n) is 0.880. The van der Waals surface area contributed by atoms with Crippen molar-refractivity contribution >= 4 is 0 Å². The minimum Gasteiger partial charge on any atom is -0.378 e. The zero-order valence-electron chi connectivity index (χ0n) is 7.43. The lowest BCUT2D eigenvalue weighted by Crippen LogP contribution is -2.16. The molecule has 0 rings (SSSR count). The number of nitrogens with zero attached hydrogens (tertiary/aromatic N) is 1. The molecule has 60 valence electrons. The standard InChI is InChI=1S/C9H19N/c1-4-7-9-10(6-3)8-5-2/h7,9H,4-6,8H2,1-3H3. The van der Waals surface area contributed by atoms with E-state index < -0.39 is 0 Å². The highest BCUT2D eigenvalue weighted by atomic mass is 15.1. The van der Waals surface area contributed by atoms with Crippen molar-refractivity contribution in [3.05, 3.63) is 12.3 Å². The van der Waals surface area contributed by atoms with E-state index in [1.54, 1.807) is 0 Å². The van der Waals surface area contributed by atoms with Crippen molar-refractivity contribution in [2.75, 3.05) is 13.1 Å². The Morgan fingerprint density at radius 1 is 1.20 bits per heavy atom. The van der Waals surface area contributed by atoms with E-state index in [4.69, 9.17) is 0 Å². The van der Waals surface area contributed by atoms with E-state index in [1.807, 2.05) is 0 Å². The molecular weight excluding hydrogens is 122 g/mol. The molecular formula is C9H19N. The van der Waals surface area contributed by atoms with Crippen LogP contribution in [0.3, 0.4) is 0 Å². The van der Waals surface area contributed by atoms with Crippen LogP contribution in [-0.2, 0) is 0 Å². The average molecular weight is 141 g/mol. The van der Waals surface area contributed by atoms with Gasteiger partial charge in [0.15, 0.2) is 0 Å². The molecule has 0 amide bonds. The Bertz CT molecular complexity index is 86.7. The number of allylic oxidation sites excluding steroid dienone is 1. The predicted octanol–water partition coefficient (Wildman–Crippen LogP) is 2.64. The van der Waals surface area contributed by atoms with Gasteiger partial charge in [-0.05, 0) is 26.0 Å². The Kier molecular flexibility index (Phi) is 6.35. The first-order valence-electron chi connectivity index (χ1n) is 4.25. The maximum absolute atomic E-state index is 2.34. The van der Waals surface area contributed by atoms with Crippen LogP contribution >= 0.6 is 0 Å². The van der Waals surface area contributed by atoms with E-state index in [0.29, 0.717) is 0 Å². The molecule has 0 aliphatic heterocycles. The van der Waals surface area contributed by atoms with Gasteiger partial charge >= 0.3 is 0 Å². The normalized spacial score (nSPS) is 10.7. The van der Waals surface area contributed by atoms with Crippen LogP contribution in [0, 0.1) is 0 Å². The molecule has 0 unspecified atom stereocenters. The highest BCUT2D eigenvalue weighted by molar-refractivity contribution is 4.80. The minimum atomic E-state index is 1.13. The van der Waals surface area contributed by atoms with Crippen LogP contribution < -0.4 is 0 Å². The molecule has 0 aromatic carbocycles. The highest BCUT2D eigenvalue weighted by Gasteiger charge is 1.89. The molecule has 0 aliphatic rings. The number of rotatable bonds is 5. The molecule has 10 heavy (non-hydrogen) atoms. The fraction of sp³-hybridized carbons (Fsp3) is 0.778. The van der Waals surface area contributed by atoms with Crippen molar-refractivity contribution in [2.45, 2.75) is 33.6 Å². The van der Waals surface area contributed by atoms with Crippen molar-refractivity contribution in [3.8, 4) is 0 Å². The topological polar surface area (TPSA) is 3.24 Å². The molecule has 0 N–H and O–H groups in total. The summed E-state index contributed by atoms with van der Waals surface area (Å²) in [6, 6.07) is 0. The first-order chi connectivity index (χ1) is 4.85. The second-order valence-corrected chi connectivity index (χ2v) is 2.42. The van der Waals surface area contributed by atoms with Crippen molar-refractivity contribution < 1.29 is 0 Å². The Labute approximate surface area is 64.7 Å². The third-order valence-corrected chi connectivity index (χ3v) is 1.47. The summed E-state index contributed by atoms with van der Waals surface area (Å²) in [6.07, 6.45) is 6.78. The monoisotopic (exact) mass is 141 g/mol. The third kappa shape index (κ3) is 4.42. The molecule has 0 fully saturated rings. The highest BCUT2D eigenvalue weighted by Crippen LogP contribution is 1.92. The van der Waals surface area contributed by atoms with Crippen LogP contribution in [0.4, 0.5) is 0 Å². The molecule has 0 radical (unpaired) electrons. The molecule has 0 bridgehead atoms. The van der Waals surface area contributed by atoms with Crippen molar-refractivity contribution in [2.24, 2.45) is 0 Å². The average Bonchev–Trinajstić information content (AvgIpc) is 1.98. The molecule has 1 nitrogen and oxygen atoms in total. The summed E-state index contributed by atoms with van der Waals surface area (Å²) < 4.78 is 0. The number of hydrogen-bond donors (Lipinski definition) is 0. The molecule has 0 saturated heterocycles. The van der Waals surface area contributed by atoms with Gasteiger partial charge in [0.05, 0.1) is 0 Å². The second kappa shape index (κ2) is 6.66. The molecule has 0 aromatic heterocycles.